The Morgan fingerprint density at radius 2 is 1.67 bits per heavy atom. The number of rotatable bonds is 3. The molecule has 0 radical (unpaired) electrons. The molecule has 2 aromatic carbocycles. The van der Waals surface area contributed by atoms with E-state index >= 15 is 0 Å². The largest absolute Gasteiger partial charge is 0.298 e. The zero-order chi connectivity index (χ0) is 16.5. The van der Waals surface area contributed by atoms with Gasteiger partial charge in [-0.2, -0.15) is 0 Å². The zero-order valence-electron chi connectivity index (χ0n) is 13.1. The third kappa shape index (κ3) is 2.41. The highest BCUT2D eigenvalue weighted by molar-refractivity contribution is 7.22. The molecular weight excluding hydrogens is 316 g/mol. The monoisotopic (exact) mass is 330 g/mol. The summed E-state index contributed by atoms with van der Waals surface area (Å²) in [6, 6.07) is 16.0. The molecule has 116 valence electrons. The second kappa shape index (κ2) is 5.98. The summed E-state index contributed by atoms with van der Waals surface area (Å²) >= 11 is 1.57. The molecule has 0 N–H and O–H groups in total. The van der Waals surface area contributed by atoms with Crippen LogP contribution in [-0.4, -0.2) is 16.3 Å². The summed E-state index contributed by atoms with van der Waals surface area (Å²) in [4.78, 5) is 21.5. The minimum absolute atomic E-state index is 0.595. The van der Waals surface area contributed by atoms with Crippen molar-refractivity contribution in [2.75, 3.05) is 0 Å². The van der Waals surface area contributed by atoms with Crippen LogP contribution in [0.15, 0.2) is 60.9 Å². The molecule has 0 atom stereocenters. The second-order valence-electron chi connectivity index (χ2n) is 5.58. The molecule has 3 nitrogen and oxygen atoms in total. The van der Waals surface area contributed by atoms with Crippen LogP contribution in [0.4, 0.5) is 0 Å². The number of fused-ring (bicyclic) bond motifs is 1. The Hall–Kier alpha value is -2.85. The molecule has 0 aliphatic rings. The second-order valence-corrected chi connectivity index (χ2v) is 6.60. The number of aromatic nitrogens is 2. The van der Waals surface area contributed by atoms with Gasteiger partial charge in [0.25, 0.3) is 0 Å². The number of carbonyl (C=O) groups excluding carboxylic acids is 1. The predicted octanol–water partition coefficient (Wildman–Crippen LogP) is 5.15. The van der Waals surface area contributed by atoms with Gasteiger partial charge in [-0.25, -0.2) is 9.97 Å². The molecule has 2 aromatic heterocycles. The summed E-state index contributed by atoms with van der Waals surface area (Å²) in [5.41, 5.74) is 3.87. The van der Waals surface area contributed by atoms with Crippen molar-refractivity contribution in [2.45, 2.75) is 6.92 Å². The number of nitrogens with zero attached hydrogens (tertiary/aromatic N) is 2. The van der Waals surface area contributed by atoms with Gasteiger partial charge in [0.05, 0.1) is 4.88 Å². The molecule has 0 bridgehead atoms. The normalized spacial score (nSPS) is 10.9. The summed E-state index contributed by atoms with van der Waals surface area (Å²) in [6.45, 7) is 2.05. The first-order chi connectivity index (χ1) is 11.8. The molecule has 0 aliphatic carbocycles. The maximum Gasteiger partial charge on any atom is 0.170 e. The number of carbonyl (C=O) groups is 1. The van der Waals surface area contributed by atoms with Crippen molar-refractivity contribution in [3.63, 3.8) is 0 Å². The number of hydrogen-bond donors (Lipinski definition) is 0. The van der Waals surface area contributed by atoms with Crippen LogP contribution in [0.25, 0.3) is 31.9 Å². The minimum atomic E-state index is 0.595. The van der Waals surface area contributed by atoms with Crippen LogP contribution in [-0.2, 0) is 0 Å². The van der Waals surface area contributed by atoms with Crippen molar-refractivity contribution in [2.24, 2.45) is 0 Å². The van der Waals surface area contributed by atoms with Crippen molar-refractivity contribution in [3.05, 3.63) is 72.1 Å². The third-order valence-corrected chi connectivity index (χ3v) is 5.38. The van der Waals surface area contributed by atoms with Crippen molar-refractivity contribution in [1.82, 2.24) is 9.97 Å². The standard InChI is InChI=1S/C20H14N2OS/c1-13-6-5-9-16-17(12-23)19(24-18(13)16)20-21-10-15(11-22-20)14-7-3-2-4-8-14/h2-12H,1H3. The first kappa shape index (κ1) is 14.7. The smallest absolute Gasteiger partial charge is 0.170 e. The van der Waals surface area contributed by atoms with E-state index in [4.69, 9.17) is 0 Å². The molecule has 0 saturated heterocycles. The summed E-state index contributed by atoms with van der Waals surface area (Å²) in [5.74, 6) is 0.595. The quantitative estimate of drug-likeness (QED) is 0.488. The van der Waals surface area contributed by atoms with Gasteiger partial charge in [0.1, 0.15) is 0 Å². The Morgan fingerprint density at radius 1 is 0.917 bits per heavy atom. The van der Waals surface area contributed by atoms with E-state index < -0.39 is 0 Å². The van der Waals surface area contributed by atoms with Gasteiger partial charge in [-0.15, -0.1) is 11.3 Å². The number of benzene rings is 2. The lowest BCUT2D eigenvalue weighted by atomic mass is 10.1. The molecule has 0 fully saturated rings. The van der Waals surface area contributed by atoms with Gasteiger partial charge in [0.15, 0.2) is 12.1 Å². The molecule has 4 heteroatoms. The summed E-state index contributed by atoms with van der Waals surface area (Å²) < 4.78 is 1.12. The van der Waals surface area contributed by atoms with Gasteiger partial charge < -0.3 is 0 Å². The highest BCUT2D eigenvalue weighted by atomic mass is 32.1. The third-order valence-electron chi connectivity index (χ3n) is 4.03. The number of aryl methyl sites for hydroxylation is 1. The van der Waals surface area contributed by atoms with Crippen LogP contribution >= 0.6 is 11.3 Å². The summed E-state index contributed by atoms with van der Waals surface area (Å²) in [7, 11) is 0. The first-order valence-electron chi connectivity index (χ1n) is 7.63. The van der Waals surface area contributed by atoms with Gasteiger partial charge in [0.2, 0.25) is 0 Å². The maximum atomic E-state index is 11.6. The van der Waals surface area contributed by atoms with Crippen LogP contribution in [0.2, 0.25) is 0 Å². The van der Waals surface area contributed by atoms with E-state index in [-0.39, 0.29) is 0 Å². The van der Waals surface area contributed by atoms with Crippen molar-refractivity contribution in [1.29, 1.82) is 0 Å². The van der Waals surface area contributed by atoms with Crippen molar-refractivity contribution in [3.8, 4) is 21.8 Å². The molecule has 2 heterocycles. The lowest BCUT2D eigenvalue weighted by Crippen LogP contribution is -1.90. The molecule has 4 rings (SSSR count). The average Bonchev–Trinajstić information content (AvgIpc) is 3.03. The fraction of sp³-hybridized carbons (Fsp3) is 0.0500. The van der Waals surface area contributed by atoms with Crippen molar-refractivity contribution >= 4 is 27.7 Å². The van der Waals surface area contributed by atoms with Crippen LogP contribution in [0.5, 0.6) is 0 Å². The molecule has 0 aliphatic heterocycles. The fourth-order valence-corrected chi connectivity index (χ4v) is 3.97. The fourth-order valence-electron chi connectivity index (χ4n) is 2.79. The van der Waals surface area contributed by atoms with E-state index in [1.54, 1.807) is 11.3 Å². The van der Waals surface area contributed by atoms with E-state index in [0.29, 0.717) is 11.4 Å². The van der Waals surface area contributed by atoms with E-state index in [9.17, 15) is 4.79 Å². The van der Waals surface area contributed by atoms with Crippen LogP contribution in [0.1, 0.15) is 15.9 Å². The lowest BCUT2D eigenvalue weighted by Gasteiger charge is -2.02. The van der Waals surface area contributed by atoms with E-state index in [0.717, 1.165) is 37.9 Å². The topological polar surface area (TPSA) is 42.9 Å². The SMILES string of the molecule is Cc1cccc2c(C=O)c(-c3ncc(-c4ccccc4)cn3)sc12. The Balaban J connectivity index is 1.83. The zero-order valence-corrected chi connectivity index (χ0v) is 13.9. The highest BCUT2D eigenvalue weighted by Gasteiger charge is 2.16. The number of thiophene rings is 1. The molecule has 0 spiro atoms. The average molecular weight is 330 g/mol. The van der Waals surface area contributed by atoms with Crippen LogP contribution in [0.3, 0.4) is 0 Å². The number of aldehydes is 1. The summed E-state index contributed by atoms with van der Waals surface area (Å²) in [5, 5.41) is 0.973. The molecular formula is C20H14N2OS. The van der Waals surface area contributed by atoms with E-state index in [2.05, 4.69) is 23.0 Å². The van der Waals surface area contributed by atoms with E-state index in [1.807, 2.05) is 54.9 Å². The predicted molar refractivity (Wildman–Crippen MR) is 98.4 cm³/mol. The van der Waals surface area contributed by atoms with Gasteiger partial charge in [-0.05, 0) is 18.1 Å². The Bertz CT molecular complexity index is 1020. The molecule has 0 unspecified atom stereocenters. The molecule has 0 amide bonds. The van der Waals surface area contributed by atoms with Gasteiger partial charge >= 0.3 is 0 Å². The minimum Gasteiger partial charge on any atom is -0.298 e. The molecule has 4 aromatic rings. The first-order valence-corrected chi connectivity index (χ1v) is 8.44. The molecule has 0 saturated carbocycles. The van der Waals surface area contributed by atoms with Gasteiger partial charge in [-0.3, -0.25) is 4.79 Å². The lowest BCUT2D eigenvalue weighted by molar-refractivity contribution is 0.112. The van der Waals surface area contributed by atoms with Gasteiger partial charge in [0, 0.05) is 33.6 Å². The maximum absolute atomic E-state index is 11.6. The Morgan fingerprint density at radius 3 is 2.38 bits per heavy atom. The Labute approximate surface area is 143 Å². The summed E-state index contributed by atoms with van der Waals surface area (Å²) in [6.07, 6.45) is 4.52. The number of hydrogen-bond acceptors (Lipinski definition) is 4. The van der Waals surface area contributed by atoms with Crippen LogP contribution < -0.4 is 0 Å². The molecule has 24 heavy (non-hydrogen) atoms. The van der Waals surface area contributed by atoms with Crippen molar-refractivity contribution < 1.29 is 4.79 Å². The van der Waals surface area contributed by atoms with Gasteiger partial charge in [-0.1, -0.05) is 48.5 Å². The Kier molecular flexibility index (Phi) is 3.67. The highest BCUT2D eigenvalue weighted by Crippen LogP contribution is 2.37. The van der Waals surface area contributed by atoms with E-state index in [1.165, 1.54) is 0 Å². The van der Waals surface area contributed by atoms with Crippen LogP contribution in [0, 0.1) is 6.92 Å².